The van der Waals surface area contributed by atoms with Gasteiger partial charge in [0.15, 0.2) is 0 Å². The second-order valence-electron chi connectivity index (χ2n) is 2.05. The molecule has 0 unspecified atom stereocenters. The summed E-state index contributed by atoms with van der Waals surface area (Å²) in [6.45, 7) is 15.4. The fourth-order valence-corrected chi connectivity index (χ4v) is 1.80. The molecule has 0 saturated heterocycles. The Balaban J connectivity index is -0.000000245. The Morgan fingerprint density at radius 3 is 2.06 bits per heavy atom. The Morgan fingerprint density at radius 1 is 1.25 bits per heavy atom. The number of hydrogen-bond acceptors (Lipinski definition) is 4. The second-order valence-corrected chi connectivity index (χ2v) is 3.76. The van der Waals surface area contributed by atoms with Crippen molar-refractivity contribution in [1.82, 2.24) is 0 Å². The molecular weight excluding hydrogens is 251 g/mol. The molecule has 0 bridgehead atoms. The summed E-state index contributed by atoms with van der Waals surface area (Å²) >= 11 is 0.390. The van der Waals surface area contributed by atoms with E-state index >= 15 is 0 Å². The molecule has 4 nitrogen and oxygen atoms in total. The van der Waals surface area contributed by atoms with Gasteiger partial charge in [-0.05, 0) is 0 Å². The molecule has 0 N–H and O–H groups in total. The van der Waals surface area contributed by atoms with Crippen molar-refractivity contribution >= 4 is 25.0 Å². The fourth-order valence-electron chi connectivity index (χ4n) is 0.693. The van der Waals surface area contributed by atoms with Gasteiger partial charge in [0.2, 0.25) is 0 Å². The minimum Gasteiger partial charge on any atom is -0.281 e. The summed E-state index contributed by atoms with van der Waals surface area (Å²) in [5, 5.41) is 0. The molecule has 0 heterocycles. The number of allylic oxidation sites excluding steroid dienone is 4. The molecule has 0 atom stereocenters. The molecule has 0 aromatic carbocycles. The first-order valence-electron chi connectivity index (χ1n) is 3.97. The molecule has 0 amide bonds. The predicted molar refractivity (Wildman–Crippen MR) is 54.2 cm³/mol. The third-order valence-corrected chi connectivity index (χ3v) is 2.79. The fraction of sp³-hybridized carbons (Fsp3) is 0.273. The molecule has 1 aliphatic carbocycles. The topological polar surface area (TPSA) is 68.3 Å². The van der Waals surface area contributed by atoms with Crippen molar-refractivity contribution in [2.45, 2.75) is 19.8 Å². The summed E-state index contributed by atoms with van der Waals surface area (Å²) in [7, 11) is 0. The van der Waals surface area contributed by atoms with Crippen LogP contribution in [0.15, 0.2) is 22.7 Å². The molecule has 1 rings (SSSR count). The molecule has 0 spiro atoms. The van der Waals surface area contributed by atoms with Crippen molar-refractivity contribution in [2.75, 3.05) is 0 Å². The van der Waals surface area contributed by atoms with Gasteiger partial charge in [-0.3, -0.25) is 14.4 Å². The third-order valence-electron chi connectivity index (χ3n) is 1.23. The van der Waals surface area contributed by atoms with E-state index in [-0.39, 0.29) is 0 Å². The van der Waals surface area contributed by atoms with Crippen LogP contribution in [-0.4, -0.2) is 25.0 Å². The van der Waals surface area contributed by atoms with Crippen LogP contribution in [0.25, 0.3) is 0 Å². The van der Waals surface area contributed by atoms with E-state index in [0.717, 1.165) is 6.42 Å². The molecule has 6 radical (unpaired) electrons. The smallest absolute Gasteiger partial charge is 0.281 e. The Labute approximate surface area is 102 Å². The number of hydrogen-bond donors (Lipinski definition) is 0. The van der Waals surface area contributed by atoms with Gasteiger partial charge in [0.1, 0.15) is 0 Å². The van der Waals surface area contributed by atoms with Crippen molar-refractivity contribution in [3.63, 3.8) is 0 Å². The summed E-state index contributed by atoms with van der Waals surface area (Å²) in [5.74, 6) is 0. The van der Waals surface area contributed by atoms with E-state index in [1.807, 2.05) is 19.1 Å². The van der Waals surface area contributed by atoms with Gasteiger partial charge < -0.3 is 0 Å². The van der Waals surface area contributed by atoms with Crippen molar-refractivity contribution in [1.29, 1.82) is 0 Å². The predicted octanol–water partition coefficient (Wildman–Crippen LogP) is 0.658. The second kappa shape index (κ2) is 19.3. The summed E-state index contributed by atoms with van der Waals surface area (Å²) < 4.78 is 1.66. The number of rotatable bonds is 3. The normalized spacial score (nSPS) is 10.4. The SMILES string of the molecule is CC[C](=O)[Mn][C]1=CC=CC1.[C]=O.[C]=O.[C]=O. The minimum atomic E-state index is 0.374. The van der Waals surface area contributed by atoms with Crippen LogP contribution in [-0.2, 0) is 34.1 Å². The molecule has 16 heavy (non-hydrogen) atoms. The number of carbonyl (C=O) groups excluding carboxylic acids is 4. The third kappa shape index (κ3) is 12.7. The van der Waals surface area contributed by atoms with Gasteiger partial charge in [0, 0.05) is 0 Å². The van der Waals surface area contributed by atoms with Gasteiger partial charge in [-0.2, -0.15) is 0 Å². The first kappa shape index (κ1) is 20.1. The standard InChI is InChI=1S/C5H5.C3H5O.3CO.Mn/c1-2-4-5-3-1;1-2-3-4;3*1-2;/h1-3H,4H2;2H2,1H3;;;;. The van der Waals surface area contributed by atoms with Crippen molar-refractivity contribution in [3.8, 4) is 0 Å². The average Bonchev–Trinajstić information content (AvgIpc) is 2.89. The van der Waals surface area contributed by atoms with Crippen LogP contribution in [0, 0.1) is 0 Å². The monoisotopic (exact) mass is 261 g/mol. The van der Waals surface area contributed by atoms with Crippen LogP contribution in [0.1, 0.15) is 19.8 Å². The largest absolute Gasteiger partial charge is 0.281 e. The molecule has 0 saturated carbocycles. The van der Waals surface area contributed by atoms with E-state index in [2.05, 4.69) is 26.4 Å². The van der Waals surface area contributed by atoms with E-state index in [0.29, 0.717) is 26.1 Å². The summed E-state index contributed by atoms with van der Waals surface area (Å²) in [4.78, 5) is 33.4. The van der Waals surface area contributed by atoms with E-state index in [4.69, 9.17) is 14.4 Å². The molecular formula is C11H10MnO4. The first-order valence-corrected chi connectivity index (χ1v) is 5.15. The van der Waals surface area contributed by atoms with Crippen LogP contribution >= 0.6 is 0 Å². The van der Waals surface area contributed by atoms with E-state index in [9.17, 15) is 4.79 Å². The van der Waals surface area contributed by atoms with E-state index in [1.165, 1.54) is 4.47 Å². The Morgan fingerprint density at radius 2 is 1.75 bits per heavy atom. The van der Waals surface area contributed by atoms with Crippen LogP contribution in [0.2, 0.25) is 0 Å². The molecule has 1 aliphatic rings. The van der Waals surface area contributed by atoms with Gasteiger partial charge >= 0.3 is 66.9 Å². The summed E-state index contributed by atoms with van der Waals surface area (Å²) in [6, 6.07) is 0. The number of carbonyl (C=O) groups is 1. The van der Waals surface area contributed by atoms with Gasteiger partial charge in [0.25, 0.3) is 20.4 Å². The molecule has 0 fully saturated rings. The van der Waals surface area contributed by atoms with Crippen LogP contribution in [0.3, 0.4) is 0 Å². The quantitative estimate of drug-likeness (QED) is 0.700. The molecule has 85 valence electrons. The van der Waals surface area contributed by atoms with Gasteiger partial charge in [-0.15, -0.1) is 0 Å². The maximum atomic E-state index is 10.9. The van der Waals surface area contributed by atoms with Crippen molar-refractivity contribution < 1.29 is 34.1 Å². The van der Waals surface area contributed by atoms with E-state index < -0.39 is 0 Å². The zero-order chi connectivity index (χ0) is 13.4. The maximum Gasteiger partial charge on any atom is 0.281 e. The average molecular weight is 261 g/mol. The first-order chi connectivity index (χ1) is 7.83. The van der Waals surface area contributed by atoms with Crippen molar-refractivity contribution in [2.24, 2.45) is 0 Å². The molecule has 0 aromatic heterocycles. The zero-order valence-corrected chi connectivity index (χ0v) is 9.84. The zero-order valence-electron chi connectivity index (χ0n) is 8.66. The van der Waals surface area contributed by atoms with E-state index in [1.54, 1.807) is 0 Å². The molecule has 5 heteroatoms. The van der Waals surface area contributed by atoms with Crippen LogP contribution in [0.5, 0.6) is 0 Å². The maximum absolute atomic E-state index is 10.9. The van der Waals surface area contributed by atoms with Crippen LogP contribution in [0.4, 0.5) is 0 Å². The Hall–Kier alpha value is -1.32. The Kier molecular flexibility index (Phi) is 24.3. The molecule has 0 aromatic rings. The molecule has 0 aliphatic heterocycles. The van der Waals surface area contributed by atoms with Crippen molar-refractivity contribution in [3.05, 3.63) is 22.7 Å². The summed E-state index contributed by atoms with van der Waals surface area (Å²) in [5.41, 5.74) is 0. The summed E-state index contributed by atoms with van der Waals surface area (Å²) in [6.07, 6.45) is 7.83. The van der Waals surface area contributed by atoms with Gasteiger partial charge in [-0.1, -0.05) is 0 Å². The van der Waals surface area contributed by atoms with Gasteiger partial charge in [-0.25, -0.2) is 0 Å². The van der Waals surface area contributed by atoms with Crippen LogP contribution < -0.4 is 0 Å². The Bertz CT molecular complexity index is 231. The van der Waals surface area contributed by atoms with Gasteiger partial charge in [0.05, 0.1) is 0 Å². The minimum absolute atomic E-state index is 0.374.